The fourth-order valence-corrected chi connectivity index (χ4v) is 4.58. The van der Waals surface area contributed by atoms with Gasteiger partial charge in [-0.2, -0.15) is 0 Å². The van der Waals surface area contributed by atoms with Crippen LogP contribution in [-0.2, 0) is 0 Å². The van der Waals surface area contributed by atoms with Crippen LogP contribution in [0.3, 0.4) is 0 Å². The molecule has 29 heavy (non-hydrogen) atoms. The number of carbonyl (C=O) groups is 1. The molecule has 0 bridgehead atoms. The maximum absolute atomic E-state index is 12.9. The van der Waals surface area contributed by atoms with Crippen LogP contribution in [0.15, 0.2) is 36.4 Å². The largest absolute Gasteiger partial charge is 0.495 e. The Hall–Kier alpha value is -2.95. The van der Waals surface area contributed by atoms with E-state index in [-0.39, 0.29) is 5.91 Å². The van der Waals surface area contributed by atoms with Crippen molar-refractivity contribution in [2.45, 2.75) is 27.2 Å². The molecule has 4 rings (SSSR count). The third-order valence-corrected chi connectivity index (χ3v) is 5.98. The van der Waals surface area contributed by atoms with Crippen molar-refractivity contribution in [1.82, 2.24) is 10.3 Å². The molecular weight excluding hydrogens is 362 g/mol. The van der Waals surface area contributed by atoms with Crippen LogP contribution >= 0.6 is 0 Å². The van der Waals surface area contributed by atoms with Crippen molar-refractivity contribution < 1.29 is 9.53 Å². The van der Waals surface area contributed by atoms with Gasteiger partial charge in [-0.25, -0.2) is 0 Å². The molecule has 1 atom stereocenters. The molecule has 1 aliphatic heterocycles. The number of aryl methyl sites for hydroxylation is 3. The van der Waals surface area contributed by atoms with E-state index in [9.17, 15) is 4.79 Å². The third-order valence-electron chi connectivity index (χ3n) is 5.98. The summed E-state index contributed by atoms with van der Waals surface area (Å²) in [6, 6.07) is 12.4. The number of amides is 1. The second-order valence-electron chi connectivity index (χ2n) is 8.11. The van der Waals surface area contributed by atoms with Gasteiger partial charge in [0.25, 0.3) is 5.91 Å². The van der Waals surface area contributed by atoms with Crippen LogP contribution in [0.1, 0.15) is 33.6 Å². The number of nitrogens with zero attached hydrogens (tertiary/aromatic N) is 1. The number of rotatable bonds is 5. The van der Waals surface area contributed by atoms with Crippen molar-refractivity contribution in [3.63, 3.8) is 0 Å². The maximum atomic E-state index is 12.9. The summed E-state index contributed by atoms with van der Waals surface area (Å²) in [4.78, 5) is 18.5. The average Bonchev–Trinajstić information content (AvgIpc) is 3.30. The first-order chi connectivity index (χ1) is 14.0. The predicted molar refractivity (Wildman–Crippen MR) is 118 cm³/mol. The number of para-hydroxylation sites is 2. The molecule has 0 spiro atoms. The fourth-order valence-electron chi connectivity index (χ4n) is 4.58. The first kappa shape index (κ1) is 19.4. The van der Waals surface area contributed by atoms with Crippen molar-refractivity contribution in [2.75, 3.05) is 31.6 Å². The van der Waals surface area contributed by atoms with E-state index in [2.05, 4.69) is 47.2 Å². The molecule has 1 amide bonds. The number of methoxy groups -OCH3 is 1. The van der Waals surface area contributed by atoms with Crippen molar-refractivity contribution in [3.05, 3.63) is 58.8 Å². The zero-order chi connectivity index (χ0) is 20.5. The van der Waals surface area contributed by atoms with Crippen LogP contribution < -0.4 is 15.0 Å². The highest BCUT2D eigenvalue weighted by Crippen LogP contribution is 2.32. The Morgan fingerprint density at radius 2 is 2.03 bits per heavy atom. The summed E-state index contributed by atoms with van der Waals surface area (Å²) in [5.74, 6) is 1.31. The summed E-state index contributed by atoms with van der Waals surface area (Å²) in [6.45, 7) is 8.78. The van der Waals surface area contributed by atoms with Crippen molar-refractivity contribution in [1.29, 1.82) is 0 Å². The van der Waals surface area contributed by atoms with E-state index in [0.717, 1.165) is 47.4 Å². The highest BCUT2D eigenvalue weighted by molar-refractivity contribution is 6.02. The molecular formula is C24H29N3O2. The Morgan fingerprint density at radius 3 is 2.83 bits per heavy atom. The SMILES string of the molecule is COc1ccccc1N1CCC(CNC(=O)c2[nH]c3cc(C)cc(C)c3c2C)C1. The lowest BCUT2D eigenvalue weighted by molar-refractivity contribution is 0.0943. The molecule has 152 valence electrons. The topological polar surface area (TPSA) is 57.4 Å². The zero-order valence-corrected chi connectivity index (χ0v) is 17.6. The number of H-pyrrole nitrogens is 1. The number of hydrogen-bond acceptors (Lipinski definition) is 3. The van der Waals surface area contributed by atoms with Crippen LogP contribution in [0.4, 0.5) is 5.69 Å². The minimum Gasteiger partial charge on any atom is -0.495 e. The Bertz CT molecular complexity index is 1050. The summed E-state index contributed by atoms with van der Waals surface area (Å²) in [5, 5.41) is 4.31. The van der Waals surface area contributed by atoms with E-state index < -0.39 is 0 Å². The minimum absolute atomic E-state index is 0.0218. The lowest BCUT2D eigenvalue weighted by Crippen LogP contribution is -2.31. The number of anilines is 1. The van der Waals surface area contributed by atoms with E-state index in [1.165, 1.54) is 11.1 Å². The number of hydrogen-bond donors (Lipinski definition) is 2. The van der Waals surface area contributed by atoms with E-state index in [1.807, 2.05) is 25.1 Å². The van der Waals surface area contributed by atoms with Crippen molar-refractivity contribution >= 4 is 22.5 Å². The zero-order valence-electron chi connectivity index (χ0n) is 17.6. The van der Waals surface area contributed by atoms with Gasteiger partial charge < -0.3 is 19.9 Å². The van der Waals surface area contributed by atoms with Crippen LogP contribution in [-0.4, -0.2) is 37.6 Å². The van der Waals surface area contributed by atoms with Gasteiger partial charge in [-0.1, -0.05) is 18.2 Å². The first-order valence-corrected chi connectivity index (χ1v) is 10.2. The molecule has 2 N–H and O–H groups in total. The standard InChI is InChI=1S/C24H29N3O2/c1-15-11-16(2)22-17(3)23(26-19(22)12-15)24(28)25-13-18-9-10-27(14-18)20-7-5-6-8-21(20)29-4/h5-8,11-12,18,26H,9-10,13-14H2,1-4H3,(H,25,28). The second-order valence-corrected chi connectivity index (χ2v) is 8.11. The fraction of sp³-hybridized carbons (Fsp3) is 0.375. The predicted octanol–water partition coefficient (Wildman–Crippen LogP) is 4.36. The monoisotopic (exact) mass is 391 g/mol. The normalized spacial score (nSPS) is 16.4. The Labute approximate surface area is 172 Å². The van der Waals surface area contributed by atoms with Crippen LogP contribution in [0.2, 0.25) is 0 Å². The molecule has 0 aliphatic carbocycles. The molecule has 3 aromatic rings. The van der Waals surface area contributed by atoms with Crippen LogP contribution in [0.25, 0.3) is 10.9 Å². The number of aromatic nitrogens is 1. The Morgan fingerprint density at radius 1 is 1.24 bits per heavy atom. The average molecular weight is 392 g/mol. The van der Waals surface area contributed by atoms with Crippen molar-refractivity contribution in [3.8, 4) is 5.75 Å². The molecule has 0 saturated carbocycles. The third kappa shape index (κ3) is 3.69. The number of aromatic amines is 1. The molecule has 1 fully saturated rings. The maximum Gasteiger partial charge on any atom is 0.268 e. The van der Waals surface area contributed by atoms with Crippen molar-refractivity contribution in [2.24, 2.45) is 5.92 Å². The Balaban J connectivity index is 1.42. The lowest BCUT2D eigenvalue weighted by atomic mass is 10.0. The van der Waals surface area contributed by atoms with Gasteiger partial charge in [0, 0.05) is 30.5 Å². The lowest BCUT2D eigenvalue weighted by Gasteiger charge is -2.21. The molecule has 2 aromatic carbocycles. The highest BCUT2D eigenvalue weighted by atomic mass is 16.5. The summed E-state index contributed by atoms with van der Waals surface area (Å²) >= 11 is 0. The molecule has 0 radical (unpaired) electrons. The van der Waals surface area contributed by atoms with Gasteiger partial charge in [-0.3, -0.25) is 4.79 Å². The molecule has 1 aromatic heterocycles. The molecule has 5 heteroatoms. The van der Waals surface area contributed by atoms with Gasteiger partial charge in [0.2, 0.25) is 0 Å². The summed E-state index contributed by atoms with van der Waals surface area (Å²) in [6.07, 6.45) is 1.06. The van der Waals surface area contributed by atoms with E-state index >= 15 is 0 Å². The van der Waals surface area contributed by atoms with Crippen LogP contribution in [0, 0.1) is 26.7 Å². The van der Waals surface area contributed by atoms with Gasteiger partial charge in [0.05, 0.1) is 12.8 Å². The number of carbonyl (C=O) groups excluding carboxylic acids is 1. The van der Waals surface area contributed by atoms with Gasteiger partial charge in [0.1, 0.15) is 11.4 Å². The first-order valence-electron chi connectivity index (χ1n) is 10.2. The van der Waals surface area contributed by atoms with E-state index in [4.69, 9.17) is 4.74 Å². The van der Waals surface area contributed by atoms with Gasteiger partial charge in [0.15, 0.2) is 0 Å². The van der Waals surface area contributed by atoms with Gasteiger partial charge in [-0.15, -0.1) is 0 Å². The number of fused-ring (bicyclic) bond motifs is 1. The van der Waals surface area contributed by atoms with Gasteiger partial charge in [-0.05, 0) is 68.0 Å². The Kier molecular flexibility index (Phi) is 5.22. The summed E-state index contributed by atoms with van der Waals surface area (Å²) in [7, 11) is 1.71. The number of ether oxygens (including phenoxy) is 1. The van der Waals surface area contributed by atoms with E-state index in [1.54, 1.807) is 7.11 Å². The highest BCUT2D eigenvalue weighted by Gasteiger charge is 2.25. The molecule has 1 aliphatic rings. The second kappa shape index (κ2) is 7.82. The molecule has 1 saturated heterocycles. The quantitative estimate of drug-likeness (QED) is 0.679. The van der Waals surface area contributed by atoms with E-state index in [0.29, 0.717) is 18.2 Å². The minimum atomic E-state index is -0.0218. The molecule has 5 nitrogen and oxygen atoms in total. The summed E-state index contributed by atoms with van der Waals surface area (Å²) < 4.78 is 5.49. The van der Waals surface area contributed by atoms with Gasteiger partial charge >= 0.3 is 0 Å². The molecule has 2 heterocycles. The smallest absolute Gasteiger partial charge is 0.268 e. The molecule has 1 unspecified atom stereocenters. The van der Waals surface area contributed by atoms with Crippen LogP contribution in [0.5, 0.6) is 5.75 Å². The number of benzene rings is 2. The summed E-state index contributed by atoms with van der Waals surface area (Å²) in [5.41, 5.74) is 6.27. The number of nitrogens with one attached hydrogen (secondary N) is 2.